The lowest BCUT2D eigenvalue weighted by Gasteiger charge is -2.11. The normalized spacial score (nSPS) is 11.2. The summed E-state index contributed by atoms with van der Waals surface area (Å²) in [6.45, 7) is 14.8. The van der Waals surface area contributed by atoms with Gasteiger partial charge in [-0.05, 0) is 55.4 Å². The first kappa shape index (κ1) is 46.5. The molecule has 6 aromatic heterocycles. The van der Waals surface area contributed by atoms with E-state index in [0.717, 1.165) is 55.6 Å². The molecule has 358 valence electrons. The third kappa shape index (κ3) is 10.0. The first-order chi connectivity index (χ1) is 35.8. The highest BCUT2D eigenvalue weighted by molar-refractivity contribution is 5.73. The van der Waals surface area contributed by atoms with Gasteiger partial charge < -0.3 is 0 Å². The van der Waals surface area contributed by atoms with Gasteiger partial charge in [-0.25, -0.2) is 89.7 Å². The molecule has 0 aliphatic rings. The molecule has 0 bridgehead atoms. The van der Waals surface area contributed by atoms with Gasteiger partial charge in [0.2, 0.25) is 0 Å². The number of rotatable bonds is 10. The summed E-state index contributed by atoms with van der Waals surface area (Å²) >= 11 is 0. The van der Waals surface area contributed by atoms with Crippen molar-refractivity contribution >= 4 is 0 Å². The zero-order valence-electron chi connectivity index (χ0n) is 41.6. The lowest BCUT2D eigenvalue weighted by molar-refractivity contribution is 0.928. The van der Waals surface area contributed by atoms with Crippen LogP contribution in [0.3, 0.4) is 0 Å². The van der Waals surface area contributed by atoms with E-state index < -0.39 is 0 Å². The Morgan fingerprint density at radius 2 is 0.230 bits per heavy atom. The van der Waals surface area contributed by atoms with E-state index in [1.165, 1.54) is 0 Å². The number of hydrogen-bond acceptors (Lipinski definition) is 18. The van der Waals surface area contributed by atoms with Crippen LogP contribution in [-0.4, -0.2) is 89.7 Å². The van der Waals surface area contributed by atoms with E-state index >= 15 is 0 Å². The summed E-state index contributed by atoms with van der Waals surface area (Å²) in [5.41, 5.74) is 8.05. The summed E-state index contributed by atoms with van der Waals surface area (Å²) in [7, 11) is 0. The quantitative estimate of drug-likeness (QED) is 0.124. The minimum atomic E-state index is 0.474. The van der Waals surface area contributed by atoms with Crippen LogP contribution in [-0.2, 0) is 0 Å². The topological polar surface area (TPSA) is 232 Å². The number of hydrogen-bond donors (Lipinski definition) is 0. The van der Waals surface area contributed by atoms with Crippen LogP contribution in [0, 0.1) is 55.4 Å². The van der Waals surface area contributed by atoms with Crippen LogP contribution in [0.2, 0.25) is 0 Å². The fourth-order valence-electron chi connectivity index (χ4n) is 8.35. The fraction of sp³-hybridized carbons (Fsp3) is 0.143. The third-order valence-electron chi connectivity index (χ3n) is 11.7. The van der Waals surface area contributed by atoms with Crippen LogP contribution in [0.1, 0.15) is 46.6 Å². The zero-order valence-corrected chi connectivity index (χ0v) is 41.6. The molecule has 0 radical (unpaired) electrons. The summed E-state index contributed by atoms with van der Waals surface area (Å²) in [4.78, 5) is 84.0. The Labute approximate surface area is 425 Å². The molecular weight excluding hydrogens is 925 g/mol. The predicted molar refractivity (Wildman–Crippen MR) is 279 cm³/mol. The minimum absolute atomic E-state index is 0.474. The molecule has 18 nitrogen and oxygen atoms in total. The molecule has 74 heavy (non-hydrogen) atoms. The molecule has 0 aliphatic carbocycles. The number of nitrogens with zero attached hydrogens (tertiary/aromatic N) is 18. The van der Waals surface area contributed by atoms with E-state index in [9.17, 15) is 0 Å². The van der Waals surface area contributed by atoms with Crippen molar-refractivity contribution < 1.29 is 0 Å². The number of aryl methyl sites for hydroxylation is 8. The molecule has 11 rings (SSSR count). The summed E-state index contributed by atoms with van der Waals surface area (Å²) in [5.74, 6) is 10.5. The maximum Gasteiger partial charge on any atom is 0.164 e. The van der Waals surface area contributed by atoms with Gasteiger partial charge in [-0.1, -0.05) is 121 Å². The smallest absolute Gasteiger partial charge is 0.164 e. The van der Waals surface area contributed by atoms with Gasteiger partial charge in [-0.2, -0.15) is 0 Å². The van der Waals surface area contributed by atoms with Crippen molar-refractivity contribution in [3.05, 3.63) is 168 Å². The average molecular weight is 969 g/mol. The van der Waals surface area contributed by atoms with Gasteiger partial charge >= 0.3 is 0 Å². The molecule has 11 aromatic rings. The van der Waals surface area contributed by atoms with E-state index in [1.807, 2.05) is 177 Å². The van der Waals surface area contributed by atoms with Crippen LogP contribution < -0.4 is 0 Å². The molecule has 0 saturated heterocycles. The minimum Gasteiger partial charge on any atom is -0.219 e. The summed E-state index contributed by atoms with van der Waals surface area (Å²) in [5, 5.41) is 0. The molecule has 0 unspecified atom stereocenters. The first-order valence-electron chi connectivity index (χ1n) is 23.7. The highest BCUT2D eigenvalue weighted by Gasteiger charge is 2.18. The van der Waals surface area contributed by atoms with E-state index in [4.69, 9.17) is 29.9 Å². The van der Waals surface area contributed by atoms with E-state index in [1.54, 1.807) is 0 Å². The van der Waals surface area contributed by atoms with Gasteiger partial charge in [0.15, 0.2) is 58.2 Å². The monoisotopic (exact) mass is 968 g/mol. The Bertz CT molecular complexity index is 3340. The predicted octanol–water partition coefficient (Wildman–Crippen LogP) is 9.93. The molecule has 0 spiro atoms. The van der Waals surface area contributed by atoms with Gasteiger partial charge in [-0.3, -0.25) is 0 Å². The lowest BCUT2D eigenvalue weighted by Crippen LogP contribution is -2.02. The zero-order chi connectivity index (χ0) is 51.0. The Hall–Kier alpha value is -9.84. The van der Waals surface area contributed by atoms with Crippen LogP contribution in [0.25, 0.3) is 114 Å². The molecule has 18 heteroatoms. The van der Waals surface area contributed by atoms with E-state index in [0.29, 0.717) is 105 Å². The Morgan fingerprint density at radius 1 is 0.135 bits per heavy atom. The van der Waals surface area contributed by atoms with Crippen molar-refractivity contribution in [2.24, 2.45) is 0 Å². The van der Waals surface area contributed by atoms with Crippen LogP contribution in [0.4, 0.5) is 0 Å². The molecular formula is C56H44N18. The lowest BCUT2D eigenvalue weighted by atomic mass is 10.1. The second-order valence-corrected chi connectivity index (χ2v) is 17.5. The molecule has 0 N–H and O–H groups in total. The van der Waals surface area contributed by atoms with Crippen LogP contribution in [0.5, 0.6) is 0 Å². The molecule has 5 aromatic carbocycles. The molecule has 0 amide bonds. The van der Waals surface area contributed by atoms with Crippen molar-refractivity contribution in [1.29, 1.82) is 0 Å². The molecule has 6 heterocycles. The standard InChI is InChI=1S/C56H44N18/c1-29-57-30(2)62-47(61-29)37-9-17-41(18-10-37)51-69-52(42-19-11-38(12-20-42)48-63-31(3)58-32(4)64-48)72-55(71-51)45-25-27-46(28-26-45)56-73-53(43-21-13-39(14-22-43)49-65-33(5)59-34(6)66-49)70-54(74-56)44-23-15-40(16-24-44)50-67-35(7)60-36(8)68-50/h9-28H,1-8H3. The number of aromatic nitrogens is 18. The van der Waals surface area contributed by atoms with Gasteiger partial charge in [0, 0.05) is 55.6 Å². The van der Waals surface area contributed by atoms with Gasteiger partial charge in [0.05, 0.1) is 0 Å². The van der Waals surface area contributed by atoms with Crippen molar-refractivity contribution in [1.82, 2.24) is 89.7 Å². The Morgan fingerprint density at radius 3 is 0.338 bits per heavy atom. The van der Waals surface area contributed by atoms with Crippen LogP contribution >= 0.6 is 0 Å². The fourth-order valence-corrected chi connectivity index (χ4v) is 8.35. The summed E-state index contributed by atoms with van der Waals surface area (Å²) < 4.78 is 0. The third-order valence-corrected chi connectivity index (χ3v) is 11.7. The second-order valence-electron chi connectivity index (χ2n) is 17.5. The highest BCUT2D eigenvalue weighted by Crippen LogP contribution is 2.31. The summed E-state index contributed by atoms with van der Waals surface area (Å²) in [6.07, 6.45) is 0. The van der Waals surface area contributed by atoms with Gasteiger partial charge in [0.25, 0.3) is 0 Å². The van der Waals surface area contributed by atoms with Crippen molar-refractivity contribution in [3.8, 4) is 114 Å². The first-order valence-corrected chi connectivity index (χ1v) is 23.7. The maximum absolute atomic E-state index is 5.05. The van der Waals surface area contributed by atoms with Crippen LogP contribution in [0.15, 0.2) is 121 Å². The molecule has 0 aliphatic heterocycles. The molecule has 0 fully saturated rings. The SMILES string of the molecule is Cc1nc(C)nc(-c2ccc(-c3nc(-c4ccc(-c5nc(C)nc(C)n5)cc4)nc(-c4ccc(-c5nc(-c6ccc(-c7nc(C)nc(C)n7)cc6)nc(-c6ccc(-c7nc(C)nc(C)n7)cc6)n5)cc4)n3)cc2)n1. The highest BCUT2D eigenvalue weighted by atomic mass is 15.1. The number of benzene rings is 5. The second kappa shape index (κ2) is 19.4. The summed E-state index contributed by atoms with van der Waals surface area (Å²) in [6, 6.07) is 39.3. The Kier molecular flexibility index (Phi) is 12.2. The Balaban J connectivity index is 0.973. The average Bonchev–Trinajstić information content (AvgIpc) is 3.40. The van der Waals surface area contributed by atoms with Gasteiger partial charge in [-0.15, -0.1) is 0 Å². The van der Waals surface area contributed by atoms with Gasteiger partial charge in [0.1, 0.15) is 46.6 Å². The maximum atomic E-state index is 5.05. The van der Waals surface area contributed by atoms with E-state index in [2.05, 4.69) is 59.8 Å². The van der Waals surface area contributed by atoms with E-state index in [-0.39, 0.29) is 0 Å². The van der Waals surface area contributed by atoms with Crippen molar-refractivity contribution in [2.45, 2.75) is 55.4 Å². The molecule has 0 atom stereocenters. The van der Waals surface area contributed by atoms with Crippen molar-refractivity contribution in [2.75, 3.05) is 0 Å². The molecule has 0 saturated carbocycles. The van der Waals surface area contributed by atoms with Crippen molar-refractivity contribution in [3.63, 3.8) is 0 Å². The largest absolute Gasteiger partial charge is 0.219 e.